The number of carbonyl (C=O) groups is 1. The molecule has 202 valence electrons. The number of fused-ring (bicyclic) bond motifs is 1. The quantitative estimate of drug-likeness (QED) is 0.310. The van der Waals surface area contributed by atoms with Gasteiger partial charge in [0.05, 0.1) is 22.3 Å². The molecular weight excluding hydrogens is 616 g/mol. The Balaban J connectivity index is 1.92. The van der Waals surface area contributed by atoms with Crippen LogP contribution in [0.2, 0.25) is 0 Å². The highest BCUT2D eigenvalue weighted by molar-refractivity contribution is 14.1. The Bertz CT molecular complexity index is 1870. The van der Waals surface area contributed by atoms with Crippen molar-refractivity contribution < 1.29 is 9.18 Å². The zero-order chi connectivity index (χ0) is 28.4. The molecule has 0 unspecified atom stereocenters. The number of hydrogen-bond acceptors (Lipinski definition) is 5. The molecule has 2 aromatic heterocycles. The molecule has 1 aliphatic carbocycles. The second kappa shape index (κ2) is 9.47. The fourth-order valence-electron chi connectivity index (χ4n) is 4.75. The van der Waals surface area contributed by atoms with Crippen LogP contribution in [0.3, 0.4) is 0 Å². The Labute approximate surface area is 236 Å². The second-order valence-corrected chi connectivity index (χ2v) is 11.6. The summed E-state index contributed by atoms with van der Waals surface area (Å²) in [5.74, 6) is -1.03. The van der Waals surface area contributed by atoms with Crippen molar-refractivity contribution in [1.82, 2.24) is 13.7 Å². The number of nitrogens with zero attached hydrogens (tertiary/aromatic N) is 3. The molecule has 0 bridgehead atoms. The molecule has 5 rings (SSSR count). The predicted octanol–water partition coefficient (Wildman–Crippen LogP) is 3.74. The first-order valence-corrected chi connectivity index (χ1v) is 13.5. The van der Waals surface area contributed by atoms with E-state index in [0.29, 0.717) is 27.7 Å². The Morgan fingerprint density at radius 3 is 2.41 bits per heavy atom. The van der Waals surface area contributed by atoms with Crippen LogP contribution in [0.1, 0.15) is 43.9 Å². The number of rotatable bonds is 6. The van der Waals surface area contributed by atoms with Gasteiger partial charge in [-0.05, 0) is 92.1 Å². The van der Waals surface area contributed by atoms with Crippen molar-refractivity contribution >= 4 is 50.9 Å². The highest BCUT2D eigenvalue weighted by atomic mass is 127. The first kappa shape index (κ1) is 26.9. The predicted molar refractivity (Wildman–Crippen MR) is 157 cm³/mol. The Morgan fingerprint density at radius 1 is 1.10 bits per heavy atom. The molecular formula is C28H27FIN5O4. The van der Waals surface area contributed by atoms with Crippen molar-refractivity contribution in [3.63, 3.8) is 0 Å². The Hall–Kier alpha value is -3.74. The first-order valence-electron chi connectivity index (χ1n) is 12.4. The lowest BCUT2D eigenvalue weighted by atomic mass is 9.84. The zero-order valence-electron chi connectivity index (χ0n) is 21.8. The first-order chi connectivity index (χ1) is 18.3. The van der Waals surface area contributed by atoms with E-state index in [4.69, 9.17) is 5.73 Å². The number of amides is 1. The number of nitrogens with two attached hydrogens (primary N) is 1. The number of nitrogens with one attached hydrogen (secondary N) is 1. The largest absolute Gasteiger partial charge is 0.369 e. The molecule has 1 aliphatic rings. The van der Waals surface area contributed by atoms with E-state index >= 15 is 0 Å². The van der Waals surface area contributed by atoms with E-state index in [1.807, 2.05) is 22.6 Å². The fourth-order valence-corrected chi connectivity index (χ4v) is 5.20. The zero-order valence-corrected chi connectivity index (χ0v) is 24.0. The van der Waals surface area contributed by atoms with E-state index in [1.165, 1.54) is 32.9 Å². The maximum Gasteiger partial charge on any atom is 0.336 e. The minimum atomic E-state index is -1.04. The monoisotopic (exact) mass is 643 g/mol. The van der Waals surface area contributed by atoms with Crippen LogP contribution < -0.4 is 27.9 Å². The van der Waals surface area contributed by atoms with Gasteiger partial charge < -0.3 is 11.1 Å². The van der Waals surface area contributed by atoms with Gasteiger partial charge in [-0.25, -0.2) is 9.18 Å². The molecule has 3 N–H and O–H groups in total. The van der Waals surface area contributed by atoms with Gasteiger partial charge in [0.2, 0.25) is 5.91 Å². The molecule has 0 aliphatic heterocycles. The Morgan fingerprint density at radius 2 is 1.79 bits per heavy atom. The van der Waals surface area contributed by atoms with Crippen LogP contribution in [0.4, 0.5) is 15.9 Å². The molecule has 2 heterocycles. The molecule has 0 spiro atoms. The van der Waals surface area contributed by atoms with E-state index in [0.717, 1.165) is 0 Å². The van der Waals surface area contributed by atoms with Gasteiger partial charge in [0.15, 0.2) is 0 Å². The maximum atomic E-state index is 14.9. The average molecular weight is 643 g/mol. The number of primary amides is 1. The third-order valence-electron chi connectivity index (χ3n) is 7.38. The second-order valence-electron chi connectivity index (χ2n) is 10.4. The molecule has 1 amide bonds. The van der Waals surface area contributed by atoms with Crippen LogP contribution in [-0.2, 0) is 17.3 Å². The summed E-state index contributed by atoms with van der Waals surface area (Å²) in [5.41, 5.74) is 4.31. The molecule has 0 atom stereocenters. The third kappa shape index (κ3) is 4.38. The molecule has 1 fully saturated rings. The van der Waals surface area contributed by atoms with Gasteiger partial charge >= 0.3 is 5.69 Å². The van der Waals surface area contributed by atoms with Gasteiger partial charge in [-0.15, -0.1) is 0 Å². The summed E-state index contributed by atoms with van der Waals surface area (Å²) in [4.78, 5) is 53.5. The van der Waals surface area contributed by atoms with Crippen molar-refractivity contribution in [3.8, 4) is 5.69 Å². The number of aromatic nitrogens is 3. The summed E-state index contributed by atoms with van der Waals surface area (Å²) in [6, 6.07) is 11.0. The van der Waals surface area contributed by atoms with E-state index in [1.54, 1.807) is 51.1 Å². The SMILES string of the molecule is Cc1c(=O)n(C)c(Nc2ccc(I)cc2F)c2c(=O)n(C3CC3)c(=O)n(-c3cccc(C(C)(C)C(N)=O)c3)c12. The van der Waals surface area contributed by atoms with Crippen molar-refractivity contribution in [2.45, 2.75) is 45.1 Å². The van der Waals surface area contributed by atoms with E-state index < -0.39 is 33.9 Å². The average Bonchev–Trinajstić information content (AvgIpc) is 3.71. The summed E-state index contributed by atoms with van der Waals surface area (Å²) >= 11 is 1.99. The smallest absolute Gasteiger partial charge is 0.336 e. The minimum absolute atomic E-state index is 0.0717. The molecule has 1 saturated carbocycles. The highest BCUT2D eigenvalue weighted by Gasteiger charge is 2.32. The van der Waals surface area contributed by atoms with Crippen LogP contribution in [0, 0.1) is 16.3 Å². The fraction of sp³-hybridized carbons (Fsp3) is 0.286. The van der Waals surface area contributed by atoms with E-state index in [9.17, 15) is 23.6 Å². The van der Waals surface area contributed by atoms with Crippen molar-refractivity contribution in [3.05, 3.63) is 94.2 Å². The topological polar surface area (TPSA) is 121 Å². The molecule has 39 heavy (non-hydrogen) atoms. The summed E-state index contributed by atoms with van der Waals surface area (Å²) in [6.45, 7) is 4.91. The van der Waals surface area contributed by atoms with Crippen LogP contribution in [0.25, 0.3) is 16.6 Å². The lowest BCUT2D eigenvalue weighted by Crippen LogP contribution is -2.41. The molecule has 9 nitrogen and oxygen atoms in total. The summed E-state index contributed by atoms with van der Waals surface area (Å²) in [7, 11) is 1.49. The molecule has 0 radical (unpaired) electrons. The molecule has 11 heteroatoms. The number of benzene rings is 2. The standard InChI is InChI=1S/C28H27FIN5O4/c1-14-22-21(23(33(4)24(14)36)32-20-11-8-16(30)13-19(20)29)25(37)35(17-9-10-17)27(39)34(22)18-7-5-6-15(12-18)28(2,3)26(31)38/h5-8,11-13,17,32H,9-10H2,1-4H3,(H2,31,38). The van der Waals surface area contributed by atoms with Crippen molar-refractivity contribution in [2.75, 3.05) is 5.32 Å². The number of pyridine rings is 1. The molecule has 0 saturated heterocycles. The lowest BCUT2D eigenvalue weighted by molar-refractivity contribution is -0.122. The minimum Gasteiger partial charge on any atom is -0.369 e. The number of aryl methyl sites for hydroxylation is 1. The Kier molecular flexibility index (Phi) is 6.52. The number of hydrogen-bond donors (Lipinski definition) is 2. The molecule has 2 aromatic carbocycles. The van der Waals surface area contributed by atoms with E-state index in [2.05, 4.69) is 5.32 Å². The van der Waals surface area contributed by atoms with Gasteiger partial charge in [0, 0.05) is 22.2 Å². The van der Waals surface area contributed by atoms with Crippen molar-refractivity contribution in [1.29, 1.82) is 0 Å². The third-order valence-corrected chi connectivity index (χ3v) is 8.05. The summed E-state index contributed by atoms with van der Waals surface area (Å²) in [6.07, 6.45) is 1.32. The normalized spacial score (nSPS) is 13.6. The summed E-state index contributed by atoms with van der Waals surface area (Å²) < 4.78 is 19.3. The van der Waals surface area contributed by atoms with Gasteiger partial charge in [-0.1, -0.05) is 12.1 Å². The summed E-state index contributed by atoms with van der Waals surface area (Å²) in [5, 5.41) is 3.03. The van der Waals surface area contributed by atoms with Crippen LogP contribution in [0.15, 0.2) is 56.8 Å². The van der Waals surface area contributed by atoms with Gasteiger partial charge in [0.1, 0.15) is 17.0 Å². The lowest BCUT2D eigenvalue weighted by Gasteiger charge is -2.23. The van der Waals surface area contributed by atoms with Gasteiger partial charge in [-0.2, -0.15) is 0 Å². The number of carbonyl (C=O) groups excluding carboxylic acids is 1. The highest BCUT2D eigenvalue weighted by Crippen LogP contribution is 2.34. The van der Waals surface area contributed by atoms with Crippen molar-refractivity contribution in [2.24, 2.45) is 12.8 Å². The van der Waals surface area contributed by atoms with E-state index in [-0.39, 0.29) is 34.0 Å². The maximum absolute atomic E-state index is 14.9. The van der Waals surface area contributed by atoms with Crippen LogP contribution in [-0.4, -0.2) is 19.6 Å². The van der Waals surface area contributed by atoms with Gasteiger partial charge in [-0.3, -0.25) is 28.1 Å². The van der Waals surface area contributed by atoms with Gasteiger partial charge in [0.25, 0.3) is 11.1 Å². The van der Waals surface area contributed by atoms with Crippen LogP contribution >= 0.6 is 22.6 Å². The number of anilines is 2. The van der Waals surface area contributed by atoms with Crippen LogP contribution in [0.5, 0.6) is 0 Å². The number of halogens is 2. The molecule has 4 aromatic rings.